The maximum absolute atomic E-state index is 12.2. The van der Waals surface area contributed by atoms with E-state index in [9.17, 15) is 9.59 Å². The Morgan fingerprint density at radius 3 is 2.50 bits per heavy atom. The van der Waals surface area contributed by atoms with Crippen molar-refractivity contribution >= 4 is 17.5 Å². The van der Waals surface area contributed by atoms with Crippen LogP contribution >= 0.6 is 0 Å². The fraction of sp³-hybridized carbons (Fsp3) is 0.474. The Labute approximate surface area is 153 Å². The summed E-state index contributed by atoms with van der Waals surface area (Å²) in [4.78, 5) is 28.4. The average Bonchev–Trinajstić information content (AvgIpc) is 3.03. The maximum atomic E-state index is 12.2. The molecule has 1 heterocycles. The molecule has 0 aliphatic carbocycles. The highest BCUT2D eigenvalue weighted by molar-refractivity contribution is 5.96. The SMILES string of the molecule is Cc1cc(C(=O)NC(C)C)ccc1NC(=O)CCc1nc(C(C)C)no1. The summed E-state index contributed by atoms with van der Waals surface area (Å²) in [6.45, 7) is 9.64. The molecule has 2 rings (SSSR count). The predicted molar refractivity (Wildman–Crippen MR) is 99.1 cm³/mol. The van der Waals surface area contributed by atoms with Crippen LogP contribution in [-0.4, -0.2) is 28.0 Å². The second-order valence-electron chi connectivity index (χ2n) is 6.91. The molecule has 1 aromatic carbocycles. The number of aromatic nitrogens is 2. The molecule has 2 amide bonds. The van der Waals surface area contributed by atoms with Gasteiger partial charge in [0.15, 0.2) is 5.82 Å². The van der Waals surface area contributed by atoms with E-state index in [1.807, 2.05) is 34.6 Å². The molecular formula is C19H26N4O3. The third kappa shape index (κ3) is 5.40. The lowest BCUT2D eigenvalue weighted by molar-refractivity contribution is -0.116. The number of hydrogen-bond acceptors (Lipinski definition) is 5. The number of nitrogens with one attached hydrogen (secondary N) is 2. The standard InChI is InChI=1S/C19H26N4O3/c1-11(2)18-22-17(26-23-18)9-8-16(24)21-15-7-6-14(10-13(15)5)19(25)20-12(3)4/h6-7,10-12H,8-9H2,1-5H3,(H,20,25)(H,21,24). The zero-order chi connectivity index (χ0) is 19.3. The monoisotopic (exact) mass is 358 g/mol. The Bertz CT molecular complexity index is 781. The molecule has 7 heteroatoms. The van der Waals surface area contributed by atoms with Crippen LogP contribution in [0.25, 0.3) is 0 Å². The van der Waals surface area contributed by atoms with E-state index < -0.39 is 0 Å². The number of rotatable bonds is 7. The number of amides is 2. The summed E-state index contributed by atoms with van der Waals surface area (Å²) in [5.41, 5.74) is 2.08. The van der Waals surface area contributed by atoms with Gasteiger partial charge in [-0.05, 0) is 44.5 Å². The molecule has 26 heavy (non-hydrogen) atoms. The van der Waals surface area contributed by atoms with Crippen molar-refractivity contribution in [3.63, 3.8) is 0 Å². The summed E-state index contributed by atoms with van der Waals surface area (Å²) < 4.78 is 5.14. The van der Waals surface area contributed by atoms with Crippen molar-refractivity contribution in [2.75, 3.05) is 5.32 Å². The lowest BCUT2D eigenvalue weighted by Gasteiger charge is -2.12. The summed E-state index contributed by atoms with van der Waals surface area (Å²) in [5, 5.41) is 9.58. The van der Waals surface area contributed by atoms with Gasteiger partial charge in [0.25, 0.3) is 5.91 Å². The molecule has 0 fully saturated rings. The van der Waals surface area contributed by atoms with Crippen LogP contribution in [0.1, 0.15) is 67.7 Å². The summed E-state index contributed by atoms with van der Waals surface area (Å²) in [5.74, 6) is 1.03. The third-order valence-corrected chi connectivity index (χ3v) is 3.75. The highest BCUT2D eigenvalue weighted by Gasteiger charge is 2.13. The van der Waals surface area contributed by atoms with Gasteiger partial charge >= 0.3 is 0 Å². The first-order valence-electron chi connectivity index (χ1n) is 8.80. The van der Waals surface area contributed by atoms with Crippen molar-refractivity contribution in [3.8, 4) is 0 Å². The molecule has 0 aliphatic rings. The number of anilines is 1. The predicted octanol–water partition coefficient (Wildman–Crippen LogP) is 3.21. The van der Waals surface area contributed by atoms with E-state index in [1.54, 1.807) is 18.2 Å². The number of carbonyl (C=O) groups excluding carboxylic acids is 2. The molecule has 0 unspecified atom stereocenters. The van der Waals surface area contributed by atoms with Crippen molar-refractivity contribution in [3.05, 3.63) is 41.0 Å². The summed E-state index contributed by atoms with van der Waals surface area (Å²) in [6, 6.07) is 5.28. The van der Waals surface area contributed by atoms with Crippen LogP contribution in [0.5, 0.6) is 0 Å². The highest BCUT2D eigenvalue weighted by Crippen LogP contribution is 2.17. The fourth-order valence-corrected chi connectivity index (χ4v) is 2.33. The molecule has 0 aliphatic heterocycles. The molecule has 0 radical (unpaired) electrons. The zero-order valence-electron chi connectivity index (χ0n) is 15.9. The smallest absolute Gasteiger partial charge is 0.251 e. The van der Waals surface area contributed by atoms with Crippen LogP contribution in [0.4, 0.5) is 5.69 Å². The average molecular weight is 358 g/mol. The van der Waals surface area contributed by atoms with Crippen molar-refractivity contribution in [2.24, 2.45) is 0 Å². The molecule has 140 valence electrons. The van der Waals surface area contributed by atoms with E-state index in [0.29, 0.717) is 29.4 Å². The molecule has 0 atom stereocenters. The van der Waals surface area contributed by atoms with Crippen molar-refractivity contribution in [1.29, 1.82) is 0 Å². The topological polar surface area (TPSA) is 97.1 Å². The van der Waals surface area contributed by atoms with Crippen LogP contribution in [0.2, 0.25) is 0 Å². The van der Waals surface area contributed by atoms with Crippen LogP contribution in [0.3, 0.4) is 0 Å². The van der Waals surface area contributed by atoms with Crippen LogP contribution in [0, 0.1) is 6.92 Å². The largest absolute Gasteiger partial charge is 0.350 e. The Kier molecular flexibility index (Phi) is 6.49. The summed E-state index contributed by atoms with van der Waals surface area (Å²) in [7, 11) is 0. The van der Waals surface area contributed by atoms with E-state index in [1.165, 1.54) is 0 Å². The van der Waals surface area contributed by atoms with Gasteiger partial charge in [0, 0.05) is 36.1 Å². The number of carbonyl (C=O) groups is 2. The second kappa shape index (κ2) is 8.60. The second-order valence-corrected chi connectivity index (χ2v) is 6.91. The summed E-state index contributed by atoms with van der Waals surface area (Å²) >= 11 is 0. The van der Waals surface area contributed by atoms with E-state index in [4.69, 9.17) is 4.52 Å². The van der Waals surface area contributed by atoms with E-state index in [0.717, 1.165) is 5.56 Å². The van der Waals surface area contributed by atoms with Gasteiger partial charge in [0.05, 0.1) is 0 Å². The van der Waals surface area contributed by atoms with Gasteiger partial charge < -0.3 is 15.2 Å². The fourth-order valence-electron chi connectivity index (χ4n) is 2.33. The Morgan fingerprint density at radius 1 is 1.19 bits per heavy atom. The van der Waals surface area contributed by atoms with Crippen molar-refractivity contribution < 1.29 is 14.1 Å². The Hall–Kier alpha value is -2.70. The van der Waals surface area contributed by atoms with Crippen molar-refractivity contribution in [1.82, 2.24) is 15.5 Å². The Morgan fingerprint density at radius 2 is 1.92 bits per heavy atom. The zero-order valence-corrected chi connectivity index (χ0v) is 15.9. The molecule has 0 bridgehead atoms. The number of hydrogen-bond donors (Lipinski definition) is 2. The van der Waals surface area contributed by atoms with Crippen LogP contribution < -0.4 is 10.6 Å². The van der Waals surface area contributed by atoms with Gasteiger partial charge in [-0.25, -0.2) is 0 Å². The first-order valence-corrected chi connectivity index (χ1v) is 8.80. The normalized spacial score (nSPS) is 11.0. The first kappa shape index (κ1) is 19.6. The first-order chi connectivity index (χ1) is 12.3. The molecular weight excluding hydrogens is 332 g/mol. The van der Waals surface area contributed by atoms with Gasteiger partial charge in [-0.2, -0.15) is 4.98 Å². The van der Waals surface area contributed by atoms with Gasteiger partial charge in [0.1, 0.15) is 0 Å². The number of aryl methyl sites for hydroxylation is 2. The number of benzene rings is 1. The third-order valence-electron chi connectivity index (χ3n) is 3.75. The molecule has 0 saturated carbocycles. The van der Waals surface area contributed by atoms with Gasteiger partial charge in [-0.15, -0.1) is 0 Å². The maximum Gasteiger partial charge on any atom is 0.251 e. The molecule has 7 nitrogen and oxygen atoms in total. The minimum atomic E-state index is -0.142. The van der Waals surface area contributed by atoms with E-state index in [-0.39, 0.29) is 30.2 Å². The summed E-state index contributed by atoms with van der Waals surface area (Å²) in [6.07, 6.45) is 0.633. The molecule has 0 saturated heterocycles. The molecule has 2 N–H and O–H groups in total. The lowest BCUT2D eigenvalue weighted by atomic mass is 10.1. The molecule has 0 spiro atoms. The minimum absolute atomic E-state index is 0.0723. The van der Waals surface area contributed by atoms with Crippen molar-refractivity contribution in [2.45, 2.75) is 59.4 Å². The van der Waals surface area contributed by atoms with Crippen LogP contribution in [-0.2, 0) is 11.2 Å². The lowest BCUT2D eigenvalue weighted by Crippen LogP contribution is -2.30. The van der Waals surface area contributed by atoms with E-state index >= 15 is 0 Å². The molecule has 2 aromatic rings. The highest BCUT2D eigenvalue weighted by atomic mass is 16.5. The number of nitrogens with zero attached hydrogens (tertiary/aromatic N) is 2. The minimum Gasteiger partial charge on any atom is -0.350 e. The van der Waals surface area contributed by atoms with Crippen LogP contribution in [0.15, 0.2) is 22.7 Å². The van der Waals surface area contributed by atoms with E-state index in [2.05, 4.69) is 20.8 Å². The molecule has 1 aromatic heterocycles. The van der Waals surface area contributed by atoms with Gasteiger partial charge in [-0.3, -0.25) is 9.59 Å². The quantitative estimate of drug-likeness (QED) is 0.792. The van der Waals surface area contributed by atoms with Gasteiger partial charge in [0.2, 0.25) is 11.8 Å². The van der Waals surface area contributed by atoms with Gasteiger partial charge in [-0.1, -0.05) is 19.0 Å². The Balaban J connectivity index is 1.92.